The number of nitrogens with one attached hydrogen (secondary N) is 1. The highest BCUT2D eigenvalue weighted by Gasteiger charge is 2.11. The average molecular weight is 261 g/mol. The molecule has 1 aromatic carbocycles. The molecule has 1 aromatic heterocycles. The molecule has 0 spiro atoms. The van der Waals surface area contributed by atoms with Crippen molar-refractivity contribution in [3.8, 4) is 6.07 Å². The zero-order chi connectivity index (χ0) is 13.1. The Morgan fingerprint density at radius 3 is 3.00 bits per heavy atom. The Morgan fingerprint density at radius 1 is 1.56 bits per heavy atom. The molecule has 0 aliphatic rings. The molecule has 94 valence electrons. The Morgan fingerprint density at radius 2 is 2.33 bits per heavy atom. The zero-order valence-electron chi connectivity index (χ0n) is 10.4. The van der Waals surface area contributed by atoms with E-state index in [0.29, 0.717) is 16.9 Å². The van der Waals surface area contributed by atoms with Gasteiger partial charge in [0.2, 0.25) is 0 Å². The minimum atomic E-state index is 0.236. The smallest absolute Gasteiger partial charge is 0.178 e. The predicted octanol–water partition coefficient (Wildman–Crippen LogP) is 3.17. The third-order valence-electron chi connectivity index (χ3n) is 3.03. The standard InChI is InChI=1S/C13H15N3OS/c1-9(5-6-17-2)16-12-7-10(8-14)3-4-11(12)15-13(16)18/h3-4,7,9H,5-6H2,1-2H3,(H,15,18). The van der Waals surface area contributed by atoms with Gasteiger partial charge in [-0.25, -0.2) is 0 Å². The molecule has 0 fully saturated rings. The maximum Gasteiger partial charge on any atom is 0.178 e. The van der Waals surface area contributed by atoms with Crippen molar-refractivity contribution in [3.05, 3.63) is 28.5 Å². The molecule has 0 radical (unpaired) electrons. The van der Waals surface area contributed by atoms with E-state index in [9.17, 15) is 0 Å². The van der Waals surface area contributed by atoms with Crippen LogP contribution in [0.3, 0.4) is 0 Å². The lowest BCUT2D eigenvalue weighted by molar-refractivity contribution is 0.181. The van der Waals surface area contributed by atoms with Crippen molar-refractivity contribution in [1.29, 1.82) is 5.26 Å². The Balaban J connectivity index is 2.52. The predicted molar refractivity (Wildman–Crippen MR) is 73.0 cm³/mol. The maximum atomic E-state index is 8.96. The van der Waals surface area contributed by atoms with Crippen molar-refractivity contribution in [1.82, 2.24) is 9.55 Å². The molecule has 1 atom stereocenters. The Labute approximate surface area is 111 Å². The van der Waals surface area contributed by atoms with Crippen LogP contribution in [0.5, 0.6) is 0 Å². The second kappa shape index (κ2) is 5.34. The molecule has 0 amide bonds. The minimum absolute atomic E-state index is 0.236. The van der Waals surface area contributed by atoms with Gasteiger partial charge >= 0.3 is 0 Å². The third-order valence-corrected chi connectivity index (χ3v) is 3.33. The molecule has 2 rings (SSSR count). The van der Waals surface area contributed by atoms with Crippen molar-refractivity contribution in [3.63, 3.8) is 0 Å². The number of hydrogen-bond acceptors (Lipinski definition) is 3. The molecular weight excluding hydrogens is 246 g/mol. The SMILES string of the molecule is COCCC(C)n1c(=S)[nH]c2ccc(C#N)cc21. The maximum absolute atomic E-state index is 8.96. The minimum Gasteiger partial charge on any atom is -0.385 e. The van der Waals surface area contributed by atoms with Crippen LogP contribution in [0.2, 0.25) is 0 Å². The molecule has 1 N–H and O–H groups in total. The number of hydrogen-bond donors (Lipinski definition) is 1. The first-order valence-corrected chi connectivity index (χ1v) is 6.21. The Bertz CT molecular complexity index is 650. The first-order chi connectivity index (χ1) is 8.67. The first kappa shape index (κ1) is 12.8. The van der Waals surface area contributed by atoms with E-state index in [1.165, 1.54) is 0 Å². The highest BCUT2D eigenvalue weighted by Crippen LogP contribution is 2.22. The van der Waals surface area contributed by atoms with Crippen LogP contribution in [0, 0.1) is 16.1 Å². The van der Waals surface area contributed by atoms with Crippen LogP contribution in [0.1, 0.15) is 24.9 Å². The summed E-state index contributed by atoms with van der Waals surface area (Å²) in [5, 5.41) is 8.96. The van der Waals surface area contributed by atoms with Gasteiger partial charge in [0.05, 0.1) is 22.7 Å². The Kier molecular flexibility index (Phi) is 3.80. The summed E-state index contributed by atoms with van der Waals surface area (Å²) in [4.78, 5) is 3.16. The first-order valence-electron chi connectivity index (χ1n) is 5.80. The lowest BCUT2D eigenvalue weighted by Gasteiger charge is -2.14. The molecular formula is C13H15N3OS. The van der Waals surface area contributed by atoms with Crippen LogP contribution in [-0.2, 0) is 4.74 Å². The number of fused-ring (bicyclic) bond motifs is 1. The number of imidazole rings is 1. The van der Waals surface area contributed by atoms with Crippen molar-refractivity contribution >= 4 is 23.3 Å². The molecule has 0 saturated heterocycles. The second-order valence-corrected chi connectivity index (χ2v) is 4.66. The molecule has 0 aliphatic carbocycles. The van der Waals surface area contributed by atoms with Gasteiger partial charge in [-0.1, -0.05) is 0 Å². The highest BCUT2D eigenvalue weighted by molar-refractivity contribution is 7.71. The summed E-state index contributed by atoms with van der Waals surface area (Å²) in [5.74, 6) is 0. The normalized spacial score (nSPS) is 12.5. The summed E-state index contributed by atoms with van der Waals surface area (Å²) >= 11 is 5.34. The van der Waals surface area contributed by atoms with Crippen LogP contribution in [0.4, 0.5) is 0 Å². The number of H-pyrrole nitrogens is 1. The number of rotatable bonds is 4. The van der Waals surface area contributed by atoms with Crippen LogP contribution in [-0.4, -0.2) is 23.3 Å². The van der Waals surface area contributed by atoms with E-state index in [1.807, 2.05) is 16.7 Å². The summed E-state index contributed by atoms with van der Waals surface area (Å²) in [6.45, 7) is 2.79. The monoisotopic (exact) mass is 261 g/mol. The molecule has 0 aliphatic heterocycles. The van der Waals surface area contributed by atoms with E-state index in [0.717, 1.165) is 17.5 Å². The van der Waals surface area contributed by atoms with E-state index in [4.69, 9.17) is 22.2 Å². The quantitative estimate of drug-likeness (QED) is 0.860. The van der Waals surface area contributed by atoms with E-state index in [1.54, 1.807) is 13.2 Å². The van der Waals surface area contributed by atoms with Crippen LogP contribution in [0.15, 0.2) is 18.2 Å². The average Bonchev–Trinajstić information content (AvgIpc) is 2.70. The van der Waals surface area contributed by atoms with Gasteiger partial charge in [-0.15, -0.1) is 0 Å². The molecule has 2 aromatic rings. The van der Waals surface area contributed by atoms with Gasteiger partial charge < -0.3 is 14.3 Å². The molecule has 5 heteroatoms. The van der Waals surface area contributed by atoms with Gasteiger partial charge in [0, 0.05) is 19.8 Å². The van der Waals surface area contributed by atoms with Gasteiger partial charge in [-0.05, 0) is 43.8 Å². The fraction of sp³-hybridized carbons (Fsp3) is 0.385. The lowest BCUT2D eigenvalue weighted by Crippen LogP contribution is -2.08. The summed E-state index contributed by atoms with van der Waals surface area (Å²) in [6.07, 6.45) is 0.883. The molecule has 4 nitrogen and oxygen atoms in total. The molecule has 18 heavy (non-hydrogen) atoms. The summed E-state index contributed by atoms with van der Waals surface area (Å²) in [7, 11) is 1.69. The van der Waals surface area contributed by atoms with E-state index < -0.39 is 0 Å². The number of aromatic nitrogens is 2. The van der Waals surface area contributed by atoms with Gasteiger partial charge in [0.15, 0.2) is 4.77 Å². The van der Waals surface area contributed by atoms with Crippen LogP contribution >= 0.6 is 12.2 Å². The molecule has 0 bridgehead atoms. The number of benzene rings is 1. The fourth-order valence-corrected chi connectivity index (χ4v) is 2.43. The van der Waals surface area contributed by atoms with E-state index >= 15 is 0 Å². The van der Waals surface area contributed by atoms with Gasteiger partial charge in [0.1, 0.15) is 0 Å². The lowest BCUT2D eigenvalue weighted by atomic mass is 10.2. The molecule has 0 saturated carbocycles. The molecule has 1 unspecified atom stereocenters. The highest BCUT2D eigenvalue weighted by atomic mass is 32.1. The summed E-state index contributed by atoms with van der Waals surface area (Å²) in [6, 6.07) is 7.94. The van der Waals surface area contributed by atoms with Crippen LogP contribution in [0.25, 0.3) is 11.0 Å². The summed E-state index contributed by atoms with van der Waals surface area (Å²) < 4.78 is 7.83. The largest absolute Gasteiger partial charge is 0.385 e. The number of aromatic amines is 1. The van der Waals surface area contributed by atoms with Crippen molar-refractivity contribution in [2.45, 2.75) is 19.4 Å². The van der Waals surface area contributed by atoms with Gasteiger partial charge in [0.25, 0.3) is 0 Å². The fourth-order valence-electron chi connectivity index (χ4n) is 2.05. The topological polar surface area (TPSA) is 53.7 Å². The number of nitriles is 1. The summed E-state index contributed by atoms with van der Waals surface area (Å²) in [5.41, 5.74) is 2.58. The number of ether oxygens (including phenoxy) is 1. The second-order valence-electron chi connectivity index (χ2n) is 4.27. The Hall–Kier alpha value is -1.64. The van der Waals surface area contributed by atoms with Crippen LogP contribution < -0.4 is 0 Å². The third kappa shape index (κ3) is 2.30. The van der Waals surface area contributed by atoms with Crippen molar-refractivity contribution in [2.75, 3.05) is 13.7 Å². The zero-order valence-corrected chi connectivity index (χ0v) is 11.3. The van der Waals surface area contributed by atoms with E-state index in [2.05, 4.69) is 18.0 Å². The van der Waals surface area contributed by atoms with Gasteiger partial charge in [-0.2, -0.15) is 5.26 Å². The van der Waals surface area contributed by atoms with Crippen molar-refractivity contribution < 1.29 is 4.74 Å². The molecule has 1 heterocycles. The van der Waals surface area contributed by atoms with E-state index in [-0.39, 0.29) is 6.04 Å². The van der Waals surface area contributed by atoms with Crippen molar-refractivity contribution in [2.24, 2.45) is 0 Å². The van der Waals surface area contributed by atoms with Gasteiger partial charge in [-0.3, -0.25) is 0 Å². The number of methoxy groups -OCH3 is 1. The number of nitrogens with zero attached hydrogens (tertiary/aromatic N) is 2.